The molecule has 1 amide bonds. The van der Waals surface area contributed by atoms with Crippen LogP contribution in [0.5, 0.6) is 0 Å². The highest BCUT2D eigenvalue weighted by molar-refractivity contribution is 6.18. The maximum absolute atomic E-state index is 12.1. The van der Waals surface area contributed by atoms with Crippen LogP contribution in [0.2, 0.25) is 0 Å². The topological polar surface area (TPSA) is 38.3 Å². The first kappa shape index (κ1) is 14.4. The zero-order valence-electron chi connectivity index (χ0n) is 11.1. The van der Waals surface area contributed by atoms with E-state index in [2.05, 4.69) is 5.32 Å². The van der Waals surface area contributed by atoms with Crippen molar-refractivity contribution in [3.8, 4) is 0 Å². The molecule has 1 N–H and O–H groups in total. The normalized spacial score (nSPS) is 24.1. The number of alkyl halides is 1. The third kappa shape index (κ3) is 4.22. The monoisotopic (exact) mass is 281 g/mol. The van der Waals surface area contributed by atoms with E-state index in [9.17, 15) is 4.79 Å². The van der Waals surface area contributed by atoms with E-state index in [1.165, 1.54) is 5.56 Å². The van der Waals surface area contributed by atoms with Crippen LogP contribution in [-0.4, -0.2) is 30.5 Å². The van der Waals surface area contributed by atoms with E-state index in [4.69, 9.17) is 16.3 Å². The molecule has 0 saturated carbocycles. The molecule has 3 nitrogen and oxygen atoms in total. The summed E-state index contributed by atoms with van der Waals surface area (Å²) < 4.78 is 5.43. The van der Waals surface area contributed by atoms with E-state index in [-0.39, 0.29) is 24.0 Å². The lowest BCUT2D eigenvalue weighted by molar-refractivity contribution is -0.125. The second-order valence-electron chi connectivity index (χ2n) is 5.13. The Morgan fingerprint density at radius 2 is 2.21 bits per heavy atom. The Labute approximate surface area is 119 Å². The van der Waals surface area contributed by atoms with Crippen molar-refractivity contribution < 1.29 is 9.53 Å². The lowest BCUT2D eigenvalue weighted by Gasteiger charge is -2.18. The third-order valence-electron chi connectivity index (χ3n) is 3.43. The van der Waals surface area contributed by atoms with Crippen LogP contribution < -0.4 is 5.32 Å². The van der Waals surface area contributed by atoms with E-state index in [1.807, 2.05) is 37.3 Å². The Bertz CT molecular complexity index is 410. The van der Waals surface area contributed by atoms with Crippen LogP contribution in [0.3, 0.4) is 0 Å². The summed E-state index contributed by atoms with van der Waals surface area (Å²) in [6.45, 7) is 2.52. The van der Waals surface area contributed by atoms with Gasteiger partial charge < -0.3 is 10.1 Å². The maximum Gasteiger partial charge on any atom is 0.225 e. The maximum atomic E-state index is 12.1. The van der Waals surface area contributed by atoms with Crippen molar-refractivity contribution in [3.63, 3.8) is 0 Å². The van der Waals surface area contributed by atoms with E-state index in [0.29, 0.717) is 12.5 Å². The molecule has 19 heavy (non-hydrogen) atoms. The molecule has 3 unspecified atom stereocenters. The number of hydrogen-bond acceptors (Lipinski definition) is 2. The molecule has 1 heterocycles. The highest BCUT2D eigenvalue weighted by atomic mass is 35.5. The molecule has 4 heteroatoms. The van der Waals surface area contributed by atoms with Gasteiger partial charge in [-0.15, -0.1) is 11.6 Å². The molecule has 1 saturated heterocycles. The SMILES string of the molecule is CC1CC(C(=O)NC(CCl)Cc2ccccc2)CO1. The second-order valence-corrected chi connectivity index (χ2v) is 5.43. The Balaban J connectivity index is 1.87. The molecule has 1 aromatic rings. The first-order valence-electron chi connectivity index (χ1n) is 6.71. The van der Waals surface area contributed by atoms with Crippen LogP contribution in [0.4, 0.5) is 0 Å². The van der Waals surface area contributed by atoms with E-state index >= 15 is 0 Å². The Kier molecular flexibility index (Phi) is 5.23. The highest BCUT2D eigenvalue weighted by Crippen LogP contribution is 2.19. The lowest BCUT2D eigenvalue weighted by Crippen LogP contribution is -2.41. The molecule has 0 aliphatic carbocycles. The zero-order chi connectivity index (χ0) is 13.7. The fraction of sp³-hybridized carbons (Fsp3) is 0.533. The number of amides is 1. The standard InChI is InChI=1S/C15H20ClNO2/c1-11-7-13(10-19-11)15(18)17-14(9-16)8-12-5-3-2-4-6-12/h2-6,11,13-14H,7-10H2,1H3,(H,17,18). The molecule has 2 rings (SSSR count). The van der Waals surface area contributed by atoms with Crippen molar-refractivity contribution in [1.29, 1.82) is 0 Å². The minimum absolute atomic E-state index is 0.0209. The summed E-state index contributed by atoms with van der Waals surface area (Å²) in [5, 5.41) is 3.03. The van der Waals surface area contributed by atoms with Crippen molar-refractivity contribution in [1.82, 2.24) is 5.32 Å². The average Bonchev–Trinajstić information content (AvgIpc) is 2.86. The minimum Gasteiger partial charge on any atom is -0.378 e. The highest BCUT2D eigenvalue weighted by Gasteiger charge is 2.29. The van der Waals surface area contributed by atoms with Crippen LogP contribution >= 0.6 is 11.6 Å². The van der Waals surface area contributed by atoms with Gasteiger partial charge in [-0.2, -0.15) is 0 Å². The van der Waals surface area contributed by atoms with Gasteiger partial charge >= 0.3 is 0 Å². The van der Waals surface area contributed by atoms with Crippen molar-refractivity contribution in [3.05, 3.63) is 35.9 Å². The lowest BCUT2D eigenvalue weighted by atomic mass is 10.0. The Morgan fingerprint density at radius 1 is 1.47 bits per heavy atom. The number of halogens is 1. The van der Waals surface area contributed by atoms with Gasteiger partial charge in [-0.1, -0.05) is 30.3 Å². The van der Waals surface area contributed by atoms with Gasteiger partial charge in [0.25, 0.3) is 0 Å². The molecular weight excluding hydrogens is 262 g/mol. The largest absolute Gasteiger partial charge is 0.378 e. The number of hydrogen-bond donors (Lipinski definition) is 1. The minimum atomic E-state index is -0.0310. The molecule has 0 radical (unpaired) electrons. The van der Waals surface area contributed by atoms with Gasteiger partial charge in [0, 0.05) is 11.9 Å². The second kappa shape index (κ2) is 6.92. The van der Waals surface area contributed by atoms with Crippen LogP contribution in [0.1, 0.15) is 18.9 Å². The van der Waals surface area contributed by atoms with Gasteiger partial charge in [-0.05, 0) is 25.3 Å². The smallest absolute Gasteiger partial charge is 0.225 e. The van der Waals surface area contributed by atoms with Crippen molar-refractivity contribution >= 4 is 17.5 Å². The number of nitrogens with one attached hydrogen (secondary N) is 1. The molecule has 1 aromatic carbocycles. The first-order chi connectivity index (χ1) is 9.19. The fourth-order valence-electron chi connectivity index (χ4n) is 2.36. The Hall–Kier alpha value is -1.06. The van der Waals surface area contributed by atoms with Gasteiger partial charge in [-0.25, -0.2) is 0 Å². The summed E-state index contributed by atoms with van der Waals surface area (Å²) in [5.74, 6) is 0.450. The van der Waals surface area contributed by atoms with Gasteiger partial charge in [-0.3, -0.25) is 4.79 Å². The summed E-state index contributed by atoms with van der Waals surface area (Å²) in [6, 6.07) is 10.0. The summed E-state index contributed by atoms with van der Waals surface area (Å²) in [6.07, 6.45) is 1.74. The van der Waals surface area contributed by atoms with Crippen molar-refractivity contribution in [2.24, 2.45) is 5.92 Å². The van der Waals surface area contributed by atoms with Gasteiger partial charge in [0.2, 0.25) is 5.91 Å². The molecule has 0 aromatic heterocycles. The molecule has 104 valence electrons. The van der Waals surface area contributed by atoms with Crippen molar-refractivity contribution in [2.75, 3.05) is 12.5 Å². The number of carbonyl (C=O) groups is 1. The van der Waals surface area contributed by atoms with E-state index < -0.39 is 0 Å². The number of ether oxygens (including phenoxy) is 1. The van der Waals surface area contributed by atoms with Gasteiger partial charge in [0.05, 0.1) is 18.6 Å². The predicted molar refractivity (Wildman–Crippen MR) is 76.3 cm³/mol. The zero-order valence-corrected chi connectivity index (χ0v) is 11.9. The summed E-state index contributed by atoms with van der Waals surface area (Å²) in [5.41, 5.74) is 1.18. The third-order valence-corrected chi connectivity index (χ3v) is 3.80. The van der Waals surface area contributed by atoms with E-state index in [1.54, 1.807) is 0 Å². The summed E-state index contributed by atoms with van der Waals surface area (Å²) in [4.78, 5) is 12.1. The number of rotatable bonds is 5. The molecule has 3 atom stereocenters. The molecule has 1 aliphatic rings. The molecule has 1 aliphatic heterocycles. The predicted octanol–water partition coefficient (Wildman–Crippen LogP) is 2.38. The van der Waals surface area contributed by atoms with Gasteiger partial charge in [0.1, 0.15) is 0 Å². The average molecular weight is 282 g/mol. The van der Waals surface area contributed by atoms with Crippen LogP contribution in [-0.2, 0) is 16.0 Å². The molecule has 1 fully saturated rings. The first-order valence-corrected chi connectivity index (χ1v) is 7.24. The van der Waals surface area contributed by atoms with Crippen molar-refractivity contribution in [2.45, 2.75) is 31.9 Å². The van der Waals surface area contributed by atoms with Crippen LogP contribution in [0, 0.1) is 5.92 Å². The summed E-state index contributed by atoms with van der Waals surface area (Å²) in [7, 11) is 0. The number of benzene rings is 1. The Morgan fingerprint density at radius 3 is 2.79 bits per heavy atom. The molecular formula is C15H20ClNO2. The fourth-order valence-corrected chi connectivity index (χ4v) is 2.55. The molecule has 0 bridgehead atoms. The quantitative estimate of drug-likeness (QED) is 0.842. The van der Waals surface area contributed by atoms with Gasteiger partial charge in [0.15, 0.2) is 0 Å². The van der Waals surface area contributed by atoms with E-state index in [0.717, 1.165) is 12.8 Å². The molecule has 0 spiro atoms. The number of carbonyl (C=O) groups excluding carboxylic acids is 1. The van der Waals surface area contributed by atoms with Crippen LogP contribution in [0.25, 0.3) is 0 Å². The summed E-state index contributed by atoms with van der Waals surface area (Å²) >= 11 is 5.95. The van der Waals surface area contributed by atoms with Crippen LogP contribution in [0.15, 0.2) is 30.3 Å².